The van der Waals surface area contributed by atoms with E-state index in [9.17, 15) is 13.6 Å². The lowest BCUT2D eigenvalue weighted by molar-refractivity contribution is -0.142. The SMILES string of the molecule is CCOC(=O)Cc1cc(C)c(N)nc1C(F)F. The fraction of sp³-hybridized carbons (Fsp3) is 0.455. The number of carbonyl (C=O) groups excluding carboxylic acids is 1. The second-order valence-corrected chi connectivity index (χ2v) is 3.52. The number of pyridine rings is 1. The Morgan fingerprint density at radius 3 is 2.76 bits per heavy atom. The lowest BCUT2D eigenvalue weighted by Crippen LogP contribution is -2.12. The topological polar surface area (TPSA) is 65.2 Å². The maximum absolute atomic E-state index is 12.7. The minimum atomic E-state index is -2.76. The van der Waals surface area contributed by atoms with Crippen LogP contribution >= 0.6 is 0 Å². The van der Waals surface area contributed by atoms with E-state index in [-0.39, 0.29) is 24.4 Å². The van der Waals surface area contributed by atoms with Gasteiger partial charge in [0.2, 0.25) is 0 Å². The molecule has 2 N–H and O–H groups in total. The van der Waals surface area contributed by atoms with Gasteiger partial charge in [0.1, 0.15) is 11.5 Å². The molecule has 0 aliphatic carbocycles. The van der Waals surface area contributed by atoms with Crippen LogP contribution in [-0.4, -0.2) is 17.6 Å². The molecule has 0 aromatic carbocycles. The molecule has 1 heterocycles. The van der Waals surface area contributed by atoms with Gasteiger partial charge in [0.25, 0.3) is 6.43 Å². The summed E-state index contributed by atoms with van der Waals surface area (Å²) in [5.74, 6) is -0.506. The summed E-state index contributed by atoms with van der Waals surface area (Å²) >= 11 is 0. The maximum Gasteiger partial charge on any atom is 0.310 e. The summed E-state index contributed by atoms with van der Waals surface area (Å²) in [6, 6.07) is 1.45. The second kappa shape index (κ2) is 5.56. The normalized spacial score (nSPS) is 10.6. The number of aromatic nitrogens is 1. The third-order valence-corrected chi connectivity index (χ3v) is 2.21. The van der Waals surface area contributed by atoms with Gasteiger partial charge >= 0.3 is 5.97 Å². The van der Waals surface area contributed by atoms with Gasteiger partial charge in [0.05, 0.1) is 13.0 Å². The molecule has 0 saturated heterocycles. The molecule has 0 amide bonds. The molecular formula is C11H14F2N2O2. The standard InChI is InChI=1S/C11H14F2N2O2/c1-3-17-8(16)5-7-4-6(2)11(14)15-9(7)10(12)13/h4,10H,3,5H2,1-2H3,(H2,14,15). The summed E-state index contributed by atoms with van der Waals surface area (Å²) in [6.07, 6.45) is -2.98. The number of esters is 1. The number of carbonyl (C=O) groups is 1. The van der Waals surface area contributed by atoms with Gasteiger partial charge in [-0.15, -0.1) is 0 Å². The van der Waals surface area contributed by atoms with Crippen LogP contribution in [0.3, 0.4) is 0 Å². The van der Waals surface area contributed by atoms with Gasteiger partial charge in [-0.05, 0) is 31.0 Å². The Kier molecular flexibility index (Phi) is 4.37. The predicted octanol–water partition coefficient (Wildman–Crippen LogP) is 2.02. The highest BCUT2D eigenvalue weighted by molar-refractivity contribution is 5.73. The fourth-order valence-electron chi connectivity index (χ4n) is 1.40. The van der Waals surface area contributed by atoms with Crippen LogP contribution in [0.25, 0.3) is 0 Å². The highest BCUT2D eigenvalue weighted by atomic mass is 19.3. The number of aryl methyl sites for hydroxylation is 1. The van der Waals surface area contributed by atoms with Gasteiger partial charge in [-0.1, -0.05) is 0 Å². The van der Waals surface area contributed by atoms with Crippen LogP contribution in [0.5, 0.6) is 0 Å². The van der Waals surface area contributed by atoms with Gasteiger partial charge in [-0.25, -0.2) is 13.8 Å². The zero-order valence-corrected chi connectivity index (χ0v) is 9.67. The molecule has 4 nitrogen and oxygen atoms in total. The fourth-order valence-corrected chi connectivity index (χ4v) is 1.40. The van der Waals surface area contributed by atoms with Crippen LogP contribution in [-0.2, 0) is 16.0 Å². The van der Waals surface area contributed by atoms with E-state index in [0.717, 1.165) is 0 Å². The Labute approximate surface area is 97.8 Å². The van der Waals surface area contributed by atoms with E-state index < -0.39 is 18.1 Å². The van der Waals surface area contributed by atoms with Gasteiger partial charge in [0.15, 0.2) is 0 Å². The zero-order valence-electron chi connectivity index (χ0n) is 9.67. The number of alkyl halides is 2. The summed E-state index contributed by atoms with van der Waals surface area (Å²) in [7, 11) is 0. The molecule has 0 aliphatic rings. The van der Waals surface area contributed by atoms with Crippen molar-refractivity contribution in [2.75, 3.05) is 12.3 Å². The van der Waals surface area contributed by atoms with Crippen LogP contribution in [0.15, 0.2) is 6.07 Å². The van der Waals surface area contributed by atoms with E-state index in [2.05, 4.69) is 4.98 Å². The maximum atomic E-state index is 12.7. The first-order valence-corrected chi connectivity index (χ1v) is 5.15. The highest BCUT2D eigenvalue weighted by Crippen LogP contribution is 2.24. The highest BCUT2D eigenvalue weighted by Gasteiger charge is 2.19. The lowest BCUT2D eigenvalue weighted by atomic mass is 10.1. The van der Waals surface area contributed by atoms with Crippen molar-refractivity contribution in [1.82, 2.24) is 4.98 Å². The molecule has 0 saturated carbocycles. The molecule has 1 aromatic rings. The van der Waals surface area contributed by atoms with Crippen molar-refractivity contribution >= 4 is 11.8 Å². The van der Waals surface area contributed by atoms with Gasteiger partial charge < -0.3 is 10.5 Å². The Balaban J connectivity index is 3.04. The molecule has 1 aromatic heterocycles. The Hall–Kier alpha value is -1.72. The van der Waals surface area contributed by atoms with Gasteiger partial charge in [-0.3, -0.25) is 4.79 Å². The lowest BCUT2D eigenvalue weighted by Gasteiger charge is -2.10. The first-order chi connectivity index (χ1) is 7.95. The van der Waals surface area contributed by atoms with Crippen molar-refractivity contribution in [3.05, 3.63) is 22.9 Å². The molecule has 0 radical (unpaired) electrons. The van der Waals surface area contributed by atoms with Crippen molar-refractivity contribution in [2.24, 2.45) is 0 Å². The first kappa shape index (κ1) is 13.3. The van der Waals surface area contributed by atoms with Gasteiger partial charge in [-0.2, -0.15) is 0 Å². The van der Waals surface area contributed by atoms with E-state index in [1.165, 1.54) is 6.07 Å². The summed E-state index contributed by atoms with van der Waals surface area (Å²) in [4.78, 5) is 14.9. The molecule has 0 atom stereocenters. The van der Waals surface area contributed by atoms with E-state index in [4.69, 9.17) is 10.5 Å². The van der Waals surface area contributed by atoms with Crippen molar-refractivity contribution < 1.29 is 18.3 Å². The predicted molar refractivity (Wildman–Crippen MR) is 58.7 cm³/mol. The monoisotopic (exact) mass is 244 g/mol. The summed E-state index contributed by atoms with van der Waals surface area (Å²) < 4.78 is 30.1. The second-order valence-electron chi connectivity index (χ2n) is 3.52. The van der Waals surface area contributed by atoms with Crippen LogP contribution in [0.1, 0.15) is 30.2 Å². The molecule has 17 heavy (non-hydrogen) atoms. The third kappa shape index (κ3) is 3.37. The number of nitrogens with zero attached hydrogens (tertiary/aromatic N) is 1. The summed E-state index contributed by atoms with van der Waals surface area (Å²) in [5, 5.41) is 0. The number of rotatable bonds is 4. The number of nitrogen functional groups attached to an aromatic ring is 1. The van der Waals surface area contributed by atoms with Crippen molar-refractivity contribution in [1.29, 1.82) is 0 Å². The van der Waals surface area contributed by atoms with Crippen LogP contribution in [0, 0.1) is 6.92 Å². The van der Waals surface area contributed by atoms with E-state index >= 15 is 0 Å². The number of ether oxygens (including phenoxy) is 1. The molecule has 0 unspecified atom stereocenters. The minimum absolute atomic E-state index is 0.0490. The molecule has 0 spiro atoms. The number of halogens is 2. The van der Waals surface area contributed by atoms with Crippen LogP contribution in [0.2, 0.25) is 0 Å². The molecule has 6 heteroatoms. The number of hydrogen-bond donors (Lipinski definition) is 1. The molecule has 0 aliphatic heterocycles. The first-order valence-electron chi connectivity index (χ1n) is 5.15. The third-order valence-electron chi connectivity index (χ3n) is 2.21. The number of anilines is 1. The van der Waals surface area contributed by atoms with E-state index in [1.807, 2.05) is 0 Å². The van der Waals surface area contributed by atoms with Crippen LogP contribution < -0.4 is 5.73 Å². The number of hydrogen-bond acceptors (Lipinski definition) is 4. The number of nitrogens with two attached hydrogens (primary N) is 1. The molecule has 1 rings (SSSR count). The summed E-state index contributed by atoms with van der Waals surface area (Å²) in [5.41, 5.74) is 5.72. The molecule has 0 fully saturated rings. The average Bonchev–Trinajstić information content (AvgIpc) is 2.23. The summed E-state index contributed by atoms with van der Waals surface area (Å²) in [6.45, 7) is 3.51. The molecule has 94 valence electrons. The Bertz CT molecular complexity index is 422. The van der Waals surface area contributed by atoms with Crippen molar-refractivity contribution in [3.8, 4) is 0 Å². The zero-order chi connectivity index (χ0) is 13.0. The largest absolute Gasteiger partial charge is 0.466 e. The van der Waals surface area contributed by atoms with Crippen LogP contribution in [0.4, 0.5) is 14.6 Å². The van der Waals surface area contributed by atoms with Gasteiger partial charge in [0, 0.05) is 0 Å². The van der Waals surface area contributed by atoms with Crippen molar-refractivity contribution in [2.45, 2.75) is 26.7 Å². The van der Waals surface area contributed by atoms with E-state index in [0.29, 0.717) is 5.56 Å². The van der Waals surface area contributed by atoms with E-state index in [1.54, 1.807) is 13.8 Å². The smallest absolute Gasteiger partial charge is 0.310 e. The van der Waals surface area contributed by atoms with Crippen molar-refractivity contribution in [3.63, 3.8) is 0 Å². The molecular weight excluding hydrogens is 230 g/mol. The Morgan fingerprint density at radius 1 is 1.59 bits per heavy atom. The molecule has 0 bridgehead atoms. The average molecular weight is 244 g/mol. The minimum Gasteiger partial charge on any atom is -0.466 e. The quantitative estimate of drug-likeness (QED) is 0.823. The Morgan fingerprint density at radius 2 is 2.24 bits per heavy atom.